The molecular formula is C18H18INO4. The molecule has 1 unspecified atom stereocenters. The van der Waals surface area contributed by atoms with Crippen molar-refractivity contribution in [2.75, 3.05) is 11.9 Å². The molecule has 0 aliphatic rings. The Morgan fingerprint density at radius 3 is 2.54 bits per heavy atom. The summed E-state index contributed by atoms with van der Waals surface area (Å²) in [5, 5.41) is 2.67. The maximum atomic E-state index is 11.9. The Kier molecular flexibility index (Phi) is 6.60. The summed E-state index contributed by atoms with van der Waals surface area (Å²) in [6.07, 6.45) is -0.793. The van der Waals surface area contributed by atoms with Crippen molar-refractivity contribution in [3.8, 4) is 5.75 Å². The van der Waals surface area contributed by atoms with E-state index in [4.69, 9.17) is 9.47 Å². The monoisotopic (exact) mass is 439 g/mol. The molecule has 2 aromatic carbocycles. The lowest BCUT2D eigenvalue weighted by Crippen LogP contribution is -2.29. The molecule has 0 fully saturated rings. The number of hydrogen-bond acceptors (Lipinski definition) is 4. The quantitative estimate of drug-likeness (QED) is 0.553. The van der Waals surface area contributed by atoms with Gasteiger partial charge in [-0.25, -0.2) is 4.79 Å². The molecule has 1 atom stereocenters. The third kappa shape index (κ3) is 5.84. The largest absolute Gasteiger partial charge is 0.479 e. The van der Waals surface area contributed by atoms with Gasteiger partial charge in [-0.05, 0) is 66.8 Å². The van der Waals surface area contributed by atoms with E-state index < -0.39 is 18.0 Å². The van der Waals surface area contributed by atoms with E-state index in [0.717, 1.165) is 9.13 Å². The number of aryl methyl sites for hydroxylation is 1. The lowest BCUT2D eigenvalue weighted by Gasteiger charge is -2.14. The lowest BCUT2D eigenvalue weighted by atomic mass is 10.2. The normalized spacial score (nSPS) is 11.5. The van der Waals surface area contributed by atoms with Gasteiger partial charge >= 0.3 is 5.97 Å². The maximum absolute atomic E-state index is 11.9. The zero-order chi connectivity index (χ0) is 17.5. The summed E-state index contributed by atoms with van der Waals surface area (Å²) >= 11 is 2.15. The molecule has 0 radical (unpaired) electrons. The Labute approximate surface area is 154 Å². The van der Waals surface area contributed by atoms with Gasteiger partial charge in [0.25, 0.3) is 5.91 Å². The number of benzene rings is 2. The number of carbonyl (C=O) groups excluding carboxylic acids is 2. The SMILES string of the molecule is Cc1ccc(OC(C)C(=O)OCC(=O)Nc2cccc(I)c2)cc1. The van der Waals surface area contributed by atoms with Gasteiger partial charge in [0.15, 0.2) is 12.7 Å². The van der Waals surface area contributed by atoms with Gasteiger partial charge in [0.1, 0.15) is 5.75 Å². The van der Waals surface area contributed by atoms with Crippen LogP contribution in [0.3, 0.4) is 0 Å². The molecule has 0 aliphatic heterocycles. The summed E-state index contributed by atoms with van der Waals surface area (Å²) in [5.41, 5.74) is 1.76. The van der Waals surface area contributed by atoms with Crippen LogP contribution in [0.25, 0.3) is 0 Å². The highest BCUT2D eigenvalue weighted by Gasteiger charge is 2.17. The van der Waals surface area contributed by atoms with Gasteiger partial charge < -0.3 is 14.8 Å². The van der Waals surface area contributed by atoms with Gasteiger partial charge in [-0.3, -0.25) is 4.79 Å². The minimum Gasteiger partial charge on any atom is -0.479 e. The molecule has 0 saturated carbocycles. The van der Waals surface area contributed by atoms with Crippen molar-refractivity contribution in [2.24, 2.45) is 0 Å². The number of nitrogens with one attached hydrogen (secondary N) is 1. The molecule has 1 N–H and O–H groups in total. The number of hydrogen-bond donors (Lipinski definition) is 1. The van der Waals surface area contributed by atoms with E-state index in [-0.39, 0.29) is 6.61 Å². The average molecular weight is 439 g/mol. The fourth-order valence-corrected chi connectivity index (χ4v) is 2.43. The Morgan fingerprint density at radius 1 is 1.17 bits per heavy atom. The standard InChI is InChI=1S/C18H18INO4/c1-12-6-8-16(9-7-12)24-13(2)18(22)23-11-17(21)20-15-5-3-4-14(19)10-15/h3-10,13H,11H2,1-2H3,(H,20,21). The van der Waals surface area contributed by atoms with Crippen LogP contribution in [0.4, 0.5) is 5.69 Å². The van der Waals surface area contributed by atoms with Crippen LogP contribution in [-0.2, 0) is 14.3 Å². The predicted molar refractivity (Wildman–Crippen MR) is 100 cm³/mol. The summed E-state index contributed by atoms with van der Waals surface area (Å²) in [7, 11) is 0. The first-order valence-corrected chi connectivity index (χ1v) is 8.47. The van der Waals surface area contributed by atoms with Crippen LogP contribution >= 0.6 is 22.6 Å². The van der Waals surface area contributed by atoms with Crippen LogP contribution in [0.15, 0.2) is 48.5 Å². The van der Waals surface area contributed by atoms with E-state index in [9.17, 15) is 9.59 Å². The van der Waals surface area contributed by atoms with Gasteiger partial charge in [0.2, 0.25) is 0 Å². The number of esters is 1. The number of carbonyl (C=O) groups is 2. The molecule has 1 amide bonds. The molecular weight excluding hydrogens is 421 g/mol. The van der Waals surface area contributed by atoms with Crippen molar-refractivity contribution < 1.29 is 19.1 Å². The first-order valence-electron chi connectivity index (χ1n) is 7.39. The third-order valence-corrected chi connectivity index (χ3v) is 3.79. The Hall–Kier alpha value is -2.09. The molecule has 0 bridgehead atoms. The van der Waals surface area contributed by atoms with Crippen molar-refractivity contribution in [3.05, 3.63) is 57.7 Å². The predicted octanol–water partition coefficient (Wildman–Crippen LogP) is 3.55. The van der Waals surface area contributed by atoms with Gasteiger partial charge in [-0.15, -0.1) is 0 Å². The minimum absolute atomic E-state index is 0.355. The molecule has 0 heterocycles. The van der Waals surface area contributed by atoms with E-state index in [2.05, 4.69) is 27.9 Å². The molecule has 6 heteroatoms. The highest BCUT2D eigenvalue weighted by Crippen LogP contribution is 2.14. The topological polar surface area (TPSA) is 64.6 Å². The lowest BCUT2D eigenvalue weighted by molar-refractivity contribution is -0.153. The molecule has 0 spiro atoms. The number of halogens is 1. The average Bonchev–Trinajstić information content (AvgIpc) is 2.54. The molecule has 2 rings (SSSR count). The van der Waals surface area contributed by atoms with E-state index in [1.54, 1.807) is 25.1 Å². The molecule has 0 aromatic heterocycles. The van der Waals surface area contributed by atoms with Gasteiger partial charge in [0.05, 0.1) is 0 Å². The zero-order valence-electron chi connectivity index (χ0n) is 13.4. The van der Waals surface area contributed by atoms with Gasteiger partial charge in [-0.2, -0.15) is 0 Å². The number of rotatable bonds is 6. The van der Waals surface area contributed by atoms with Crippen molar-refractivity contribution in [1.29, 1.82) is 0 Å². The number of ether oxygens (including phenoxy) is 2. The fourth-order valence-electron chi connectivity index (χ4n) is 1.89. The van der Waals surface area contributed by atoms with Crippen molar-refractivity contribution in [1.82, 2.24) is 0 Å². The van der Waals surface area contributed by atoms with Crippen LogP contribution in [-0.4, -0.2) is 24.6 Å². The summed E-state index contributed by atoms with van der Waals surface area (Å²) in [5.74, 6) is -0.408. The maximum Gasteiger partial charge on any atom is 0.347 e. The summed E-state index contributed by atoms with van der Waals surface area (Å²) in [6, 6.07) is 14.7. The molecule has 24 heavy (non-hydrogen) atoms. The first-order chi connectivity index (χ1) is 11.4. The number of anilines is 1. The third-order valence-electron chi connectivity index (χ3n) is 3.12. The molecule has 5 nitrogen and oxygen atoms in total. The molecule has 0 saturated heterocycles. The van der Waals surface area contributed by atoms with Crippen molar-refractivity contribution in [3.63, 3.8) is 0 Å². The second-order valence-electron chi connectivity index (χ2n) is 5.24. The molecule has 126 valence electrons. The highest BCUT2D eigenvalue weighted by atomic mass is 127. The summed E-state index contributed by atoms with van der Waals surface area (Å²) in [6.45, 7) is 3.19. The second kappa shape index (κ2) is 8.68. The summed E-state index contributed by atoms with van der Waals surface area (Å²) in [4.78, 5) is 23.7. The van der Waals surface area contributed by atoms with E-state index >= 15 is 0 Å². The minimum atomic E-state index is -0.793. The zero-order valence-corrected chi connectivity index (χ0v) is 15.6. The Bertz CT molecular complexity index is 715. The Morgan fingerprint density at radius 2 is 1.88 bits per heavy atom. The number of amides is 1. The van der Waals surface area contributed by atoms with Crippen LogP contribution in [0.1, 0.15) is 12.5 Å². The highest BCUT2D eigenvalue weighted by molar-refractivity contribution is 14.1. The molecule has 0 aliphatic carbocycles. The van der Waals surface area contributed by atoms with Crippen molar-refractivity contribution in [2.45, 2.75) is 20.0 Å². The molecule has 2 aromatic rings. The van der Waals surface area contributed by atoms with Crippen LogP contribution in [0, 0.1) is 10.5 Å². The van der Waals surface area contributed by atoms with E-state index in [1.165, 1.54) is 0 Å². The fraction of sp³-hybridized carbons (Fsp3) is 0.222. The first kappa shape index (κ1) is 18.3. The second-order valence-corrected chi connectivity index (χ2v) is 6.48. The van der Waals surface area contributed by atoms with Crippen LogP contribution in [0.2, 0.25) is 0 Å². The Balaban J connectivity index is 1.79. The van der Waals surface area contributed by atoms with E-state index in [0.29, 0.717) is 11.4 Å². The van der Waals surface area contributed by atoms with E-state index in [1.807, 2.05) is 37.3 Å². The van der Waals surface area contributed by atoms with Gasteiger partial charge in [-0.1, -0.05) is 23.8 Å². The summed E-state index contributed by atoms with van der Waals surface area (Å²) < 4.78 is 11.5. The van der Waals surface area contributed by atoms with Crippen molar-refractivity contribution >= 4 is 40.2 Å². The van der Waals surface area contributed by atoms with Crippen LogP contribution in [0.5, 0.6) is 5.75 Å². The van der Waals surface area contributed by atoms with Crippen LogP contribution < -0.4 is 10.1 Å². The van der Waals surface area contributed by atoms with Gasteiger partial charge in [0, 0.05) is 9.26 Å². The smallest absolute Gasteiger partial charge is 0.347 e.